The first-order valence-corrected chi connectivity index (χ1v) is 11.7. The van der Waals surface area contributed by atoms with Crippen molar-refractivity contribution in [2.45, 2.75) is 45.3 Å². The van der Waals surface area contributed by atoms with Crippen LogP contribution in [0.15, 0.2) is 23.0 Å². The lowest BCUT2D eigenvalue weighted by molar-refractivity contribution is -0.144. The summed E-state index contributed by atoms with van der Waals surface area (Å²) in [6.07, 6.45) is 5.14. The topological polar surface area (TPSA) is 108 Å². The van der Waals surface area contributed by atoms with Gasteiger partial charge in [0.1, 0.15) is 5.92 Å². The van der Waals surface area contributed by atoms with Gasteiger partial charge in [-0.3, -0.25) is 9.69 Å². The molecule has 0 aliphatic carbocycles. The second kappa shape index (κ2) is 10.5. The van der Waals surface area contributed by atoms with Crippen LogP contribution in [0.3, 0.4) is 0 Å². The van der Waals surface area contributed by atoms with Crippen molar-refractivity contribution < 1.29 is 19.2 Å². The number of carbonyl (C=O) groups is 1. The smallest absolute Gasteiger partial charge is 0.316 e. The highest BCUT2D eigenvalue weighted by Crippen LogP contribution is 2.29. The third-order valence-corrected chi connectivity index (χ3v) is 6.49. The minimum atomic E-state index is -0.449. The van der Waals surface area contributed by atoms with Crippen molar-refractivity contribution in [1.29, 1.82) is 0 Å². The number of nitrogens with zero attached hydrogens (tertiary/aromatic N) is 6. The summed E-state index contributed by atoms with van der Waals surface area (Å²) in [5.41, 5.74) is 1.09. The van der Waals surface area contributed by atoms with Crippen LogP contribution in [0.25, 0.3) is 0 Å². The SMILES string of the molecule is COC(=O)C(c1cc(N2CCN(Cc3cnc(N4CCC(O)CC4)nc3)CC2)no1)C(C)C. The fourth-order valence-electron chi connectivity index (χ4n) is 4.47. The maximum Gasteiger partial charge on any atom is 0.316 e. The van der Waals surface area contributed by atoms with Crippen LogP contribution in [0.4, 0.5) is 11.8 Å². The Kier molecular flexibility index (Phi) is 7.44. The van der Waals surface area contributed by atoms with Gasteiger partial charge in [-0.05, 0) is 18.8 Å². The number of rotatable bonds is 7. The van der Waals surface area contributed by atoms with Gasteiger partial charge in [-0.1, -0.05) is 19.0 Å². The molecule has 2 aliphatic heterocycles. The number of methoxy groups -OCH3 is 1. The van der Waals surface area contributed by atoms with E-state index in [9.17, 15) is 9.90 Å². The van der Waals surface area contributed by atoms with E-state index < -0.39 is 5.92 Å². The molecule has 0 aromatic carbocycles. The molecule has 10 heteroatoms. The summed E-state index contributed by atoms with van der Waals surface area (Å²) in [6, 6.07) is 1.86. The third-order valence-electron chi connectivity index (χ3n) is 6.49. The number of piperazine rings is 1. The van der Waals surface area contributed by atoms with E-state index in [4.69, 9.17) is 9.26 Å². The van der Waals surface area contributed by atoms with Crippen molar-refractivity contribution in [2.24, 2.45) is 5.92 Å². The van der Waals surface area contributed by atoms with Crippen LogP contribution in [-0.4, -0.2) is 83.6 Å². The summed E-state index contributed by atoms with van der Waals surface area (Å²) in [4.78, 5) is 27.9. The number of carbonyl (C=O) groups excluding carboxylic acids is 1. The van der Waals surface area contributed by atoms with Gasteiger partial charge < -0.3 is 24.2 Å². The Bertz CT molecular complexity index is 902. The average Bonchev–Trinajstić information content (AvgIpc) is 3.30. The molecule has 1 unspecified atom stereocenters. The maximum atomic E-state index is 12.1. The van der Waals surface area contributed by atoms with Crippen LogP contribution in [0.2, 0.25) is 0 Å². The van der Waals surface area contributed by atoms with Crippen LogP contribution in [0, 0.1) is 5.92 Å². The molecule has 0 spiro atoms. The Morgan fingerprint density at radius 2 is 1.79 bits per heavy atom. The number of piperidine rings is 1. The Labute approximate surface area is 194 Å². The van der Waals surface area contributed by atoms with E-state index >= 15 is 0 Å². The molecule has 0 bridgehead atoms. The van der Waals surface area contributed by atoms with Gasteiger partial charge in [0, 0.05) is 69.8 Å². The highest BCUT2D eigenvalue weighted by Gasteiger charge is 2.30. The molecule has 1 N–H and O–H groups in total. The lowest BCUT2D eigenvalue weighted by Crippen LogP contribution is -2.46. The number of hydrogen-bond acceptors (Lipinski definition) is 10. The van der Waals surface area contributed by atoms with Crippen molar-refractivity contribution in [3.63, 3.8) is 0 Å². The highest BCUT2D eigenvalue weighted by molar-refractivity contribution is 5.77. The van der Waals surface area contributed by atoms with Crippen LogP contribution in [0.5, 0.6) is 0 Å². The Balaban J connectivity index is 1.29. The number of ether oxygens (including phenoxy) is 1. The molecule has 4 rings (SSSR count). The third kappa shape index (κ3) is 5.62. The minimum Gasteiger partial charge on any atom is -0.468 e. The van der Waals surface area contributed by atoms with Gasteiger partial charge in [-0.2, -0.15) is 0 Å². The van der Waals surface area contributed by atoms with Gasteiger partial charge in [0.05, 0.1) is 13.2 Å². The first kappa shape index (κ1) is 23.4. The Morgan fingerprint density at radius 3 is 2.39 bits per heavy atom. The van der Waals surface area contributed by atoms with Crippen LogP contribution in [-0.2, 0) is 16.1 Å². The lowest BCUT2D eigenvalue weighted by atomic mass is 9.93. The molecule has 2 aromatic rings. The molecule has 2 aromatic heterocycles. The molecule has 33 heavy (non-hydrogen) atoms. The first-order valence-electron chi connectivity index (χ1n) is 11.7. The minimum absolute atomic E-state index is 0.0604. The van der Waals surface area contributed by atoms with E-state index in [0.29, 0.717) is 5.76 Å². The monoisotopic (exact) mass is 458 g/mol. The van der Waals surface area contributed by atoms with Gasteiger partial charge in [0.25, 0.3) is 0 Å². The number of aliphatic hydroxyl groups is 1. The molecule has 1 atom stereocenters. The molecule has 10 nitrogen and oxygen atoms in total. The van der Waals surface area contributed by atoms with Crippen molar-refractivity contribution in [3.05, 3.63) is 29.8 Å². The lowest BCUT2D eigenvalue weighted by Gasteiger charge is -2.34. The molecule has 4 heterocycles. The summed E-state index contributed by atoms with van der Waals surface area (Å²) >= 11 is 0. The molecule has 2 saturated heterocycles. The Morgan fingerprint density at radius 1 is 1.12 bits per heavy atom. The van der Waals surface area contributed by atoms with Crippen molar-refractivity contribution in [2.75, 3.05) is 56.2 Å². The molecule has 0 saturated carbocycles. The molecular formula is C23H34N6O4. The quantitative estimate of drug-likeness (QED) is 0.615. The van der Waals surface area contributed by atoms with E-state index in [1.165, 1.54) is 7.11 Å². The zero-order chi connectivity index (χ0) is 23.4. The van der Waals surface area contributed by atoms with Crippen molar-refractivity contribution >= 4 is 17.7 Å². The molecule has 0 radical (unpaired) electrons. The number of aliphatic hydroxyl groups excluding tert-OH is 1. The molecule has 2 aliphatic rings. The second-order valence-electron chi connectivity index (χ2n) is 9.21. The van der Waals surface area contributed by atoms with Gasteiger partial charge >= 0.3 is 5.97 Å². The molecule has 0 amide bonds. The van der Waals surface area contributed by atoms with E-state index in [-0.39, 0.29) is 18.0 Å². The summed E-state index contributed by atoms with van der Waals surface area (Å²) in [6.45, 7) is 9.75. The molecule has 2 fully saturated rings. The number of anilines is 2. The zero-order valence-electron chi connectivity index (χ0n) is 19.7. The number of aromatic nitrogens is 3. The predicted molar refractivity (Wildman–Crippen MR) is 123 cm³/mol. The normalized spacial score (nSPS) is 19.2. The summed E-state index contributed by atoms with van der Waals surface area (Å²) in [7, 11) is 1.39. The fraction of sp³-hybridized carbons (Fsp3) is 0.652. The number of esters is 1. The average molecular weight is 459 g/mol. The second-order valence-corrected chi connectivity index (χ2v) is 9.21. The van der Waals surface area contributed by atoms with Gasteiger partial charge in [0.2, 0.25) is 5.95 Å². The van der Waals surface area contributed by atoms with Crippen LogP contribution in [0.1, 0.15) is 43.9 Å². The summed E-state index contributed by atoms with van der Waals surface area (Å²) < 4.78 is 10.4. The van der Waals surface area contributed by atoms with E-state index in [1.54, 1.807) is 0 Å². The zero-order valence-corrected chi connectivity index (χ0v) is 19.7. The standard InChI is InChI=1S/C23H34N6O4/c1-16(2)21(22(31)32-3)19-12-20(26-33-19)28-10-8-27(9-11-28)15-17-13-24-23(25-14-17)29-6-4-18(30)5-7-29/h12-14,16,18,21,30H,4-11,15H2,1-3H3. The van der Waals surface area contributed by atoms with E-state index in [1.807, 2.05) is 32.3 Å². The summed E-state index contributed by atoms with van der Waals surface area (Å²) in [5.74, 6) is 1.36. The highest BCUT2D eigenvalue weighted by atomic mass is 16.5. The molecular weight excluding hydrogens is 424 g/mol. The summed E-state index contributed by atoms with van der Waals surface area (Å²) in [5, 5.41) is 13.9. The largest absolute Gasteiger partial charge is 0.468 e. The van der Waals surface area contributed by atoms with Crippen LogP contribution >= 0.6 is 0 Å². The number of hydrogen-bond donors (Lipinski definition) is 1. The molecule has 180 valence electrons. The van der Waals surface area contributed by atoms with E-state index in [2.05, 4.69) is 29.8 Å². The van der Waals surface area contributed by atoms with E-state index in [0.717, 1.165) is 76.0 Å². The van der Waals surface area contributed by atoms with Crippen LogP contribution < -0.4 is 9.80 Å². The van der Waals surface area contributed by atoms with Gasteiger partial charge in [-0.25, -0.2) is 9.97 Å². The van der Waals surface area contributed by atoms with Crippen molar-refractivity contribution in [1.82, 2.24) is 20.0 Å². The fourth-order valence-corrected chi connectivity index (χ4v) is 4.47. The van der Waals surface area contributed by atoms with Gasteiger partial charge in [-0.15, -0.1) is 0 Å². The maximum absolute atomic E-state index is 12.1. The Hall–Kier alpha value is -2.72. The van der Waals surface area contributed by atoms with Crippen molar-refractivity contribution in [3.8, 4) is 0 Å². The van der Waals surface area contributed by atoms with Gasteiger partial charge in [0.15, 0.2) is 11.6 Å². The first-order chi connectivity index (χ1) is 15.9. The predicted octanol–water partition coefficient (Wildman–Crippen LogP) is 1.66.